The third kappa shape index (κ3) is 2.84. The van der Waals surface area contributed by atoms with Gasteiger partial charge in [-0.1, -0.05) is 30.3 Å². The number of rotatable bonds is 5. The lowest BCUT2D eigenvalue weighted by Gasteiger charge is -2.23. The monoisotopic (exact) mass is 324 g/mol. The lowest BCUT2D eigenvalue weighted by atomic mass is 10.0. The number of anilines is 1. The molecule has 24 heavy (non-hydrogen) atoms. The Bertz CT molecular complexity index is 735. The van der Waals surface area contributed by atoms with Gasteiger partial charge in [0.2, 0.25) is 5.91 Å². The van der Waals surface area contributed by atoms with Gasteiger partial charge in [0.05, 0.1) is 11.7 Å². The van der Waals surface area contributed by atoms with Crippen LogP contribution in [0.4, 0.5) is 5.82 Å². The van der Waals surface area contributed by atoms with Crippen LogP contribution in [0.15, 0.2) is 36.4 Å². The van der Waals surface area contributed by atoms with Crippen molar-refractivity contribution >= 4 is 11.7 Å². The van der Waals surface area contributed by atoms with Gasteiger partial charge in [-0.2, -0.15) is 5.10 Å². The van der Waals surface area contributed by atoms with E-state index in [1.54, 1.807) is 4.68 Å². The lowest BCUT2D eigenvalue weighted by molar-refractivity contribution is -0.119. The average Bonchev–Trinajstić information content (AvgIpc) is 3.28. The molecule has 2 aliphatic rings. The van der Waals surface area contributed by atoms with E-state index in [4.69, 9.17) is 0 Å². The fraction of sp³-hybridized carbons (Fsp3) is 0.474. The molecule has 1 saturated carbocycles. The topological polar surface area (TPSA) is 50.2 Å². The Kier molecular flexibility index (Phi) is 3.88. The predicted octanol–water partition coefficient (Wildman–Crippen LogP) is 2.57. The number of nitrogens with one attached hydrogen (secondary N) is 1. The zero-order valence-corrected chi connectivity index (χ0v) is 14.3. The zero-order valence-electron chi connectivity index (χ0n) is 14.3. The van der Waals surface area contributed by atoms with Gasteiger partial charge in [-0.05, 0) is 37.7 Å². The van der Waals surface area contributed by atoms with Crippen LogP contribution in [0.5, 0.6) is 0 Å². The smallest absolute Gasteiger partial charge is 0.245 e. The van der Waals surface area contributed by atoms with E-state index in [1.165, 1.54) is 18.4 Å². The highest BCUT2D eigenvalue weighted by molar-refractivity contribution is 5.98. The van der Waals surface area contributed by atoms with Gasteiger partial charge in [-0.15, -0.1) is 0 Å². The van der Waals surface area contributed by atoms with Crippen molar-refractivity contribution in [2.75, 3.05) is 11.4 Å². The molecule has 1 aromatic carbocycles. The van der Waals surface area contributed by atoms with E-state index in [-0.39, 0.29) is 18.0 Å². The molecule has 1 N–H and O–H groups in total. The van der Waals surface area contributed by atoms with Crippen molar-refractivity contribution in [1.29, 1.82) is 0 Å². The van der Waals surface area contributed by atoms with Crippen molar-refractivity contribution in [2.24, 2.45) is 13.0 Å². The SMILES string of the molecule is Cc1cc(N2CC[C@H](N[C@@H](c3ccccc3)C3CC3)C2=O)n(C)n1. The van der Waals surface area contributed by atoms with Gasteiger partial charge in [0.25, 0.3) is 0 Å². The number of hydrogen-bond acceptors (Lipinski definition) is 3. The fourth-order valence-corrected chi connectivity index (χ4v) is 3.72. The molecule has 1 amide bonds. The van der Waals surface area contributed by atoms with Gasteiger partial charge in [-0.25, -0.2) is 0 Å². The standard InChI is InChI=1S/C19H24N4O/c1-13-12-17(22(2)21-13)23-11-10-16(19(23)24)20-18(15-8-9-15)14-6-4-3-5-7-14/h3-7,12,15-16,18,20H,8-11H2,1-2H3/t16-,18-/m0/s1. The molecule has 0 bridgehead atoms. The van der Waals surface area contributed by atoms with Crippen LogP contribution in [0.3, 0.4) is 0 Å². The number of carbonyl (C=O) groups is 1. The largest absolute Gasteiger partial charge is 0.299 e. The maximum Gasteiger partial charge on any atom is 0.245 e. The second kappa shape index (κ2) is 6.06. The molecule has 0 spiro atoms. The summed E-state index contributed by atoms with van der Waals surface area (Å²) >= 11 is 0. The first-order valence-corrected chi connectivity index (χ1v) is 8.76. The molecule has 0 unspecified atom stereocenters. The first-order chi connectivity index (χ1) is 11.6. The van der Waals surface area contributed by atoms with E-state index in [1.807, 2.05) is 31.0 Å². The summed E-state index contributed by atoms with van der Waals surface area (Å²) in [6.45, 7) is 2.71. The van der Waals surface area contributed by atoms with E-state index in [0.717, 1.165) is 24.5 Å². The molecular formula is C19H24N4O. The quantitative estimate of drug-likeness (QED) is 0.920. The van der Waals surface area contributed by atoms with E-state index >= 15 is 0 Å². The third-order valence-corrected chi connectivity index (χ3v) is 5.09. The molecule has 2 atom stereocenters. The average molecular weight is 324 g/mol. The summed E-state index contributed by atoms with van der Waals surface area (Å²) in [5.74, 6) is 1.72. The summed E-state index contributed by atoms with van der Waals surface area (Å²) in [5.41, 5.74) is 2.24. The Morgan fingerprint density at radius 1 is 1.21 bits per heavy atom. The molecule has 2 fully saturated rings. The fourth-order valence-electron chi connectivity index (χ4n) is 3.72. The summed E-state index contributed by atoms with van der Waals surface area (Å²) in [7, 11) is 1.90. The summed E-state index contributed by atoms with van der Waals surface area (Å²) in [6, 6.07) is 12.7. The first-order valence-electron chi connectivity index (χ1n) is 8.76. The predicted molar refractivity (Wildman–Crippen MR) is 93.7 cm³/mol. The van der Waals surface area contributed by atoms with Crippen molar-refractivity contribution < 1.29 is 4.79 Å². The number of aryl methyl sites for hydroxylation is 2. The van der Waals surface area contributed by atoms with Gasteiger partial charge < -0.3 is 0 Å². The molecule has 126 valence electrons. The highest BCUT2D eigenvalue weighted by Gasteiger charge is 2.39. The summed E-state index contributed by atoms with van der Waals surface area (Å²) < 4.78 is 1.80. The molecule has 5 nitrogen and oxygen atoms in total. The molecule has 2 aromatic rings. The summed E-state index contributed by atoms with van der Waals surface area (Å²) in [5, 5.41) is 8.01. The zero-order chi connectivity index (χ0) is 16.7. The van der Waals surface area contributed by atoms with E-state index in [2.05, 4.69) is 34.7 Å². The third-order valence-electron chi connectivity index (χ3n) is 5.09. The highest BCUT2D eigenvalue weighted by atomic mass is 16.2. The van der Waals surface area contributed by atoms with Gasteiger partial charge in [0, 0.05) is 25.7 Å². The number of hydrogen-bond donors (Lipinski definition) is 1. The Morgan fingerprint density at radius 2 is 1.96 bits per heavy atom. The number of amides is 1. The molecule has 2 heterocycles. The minimum Gasteiger partial charge on any atom is -0.299 e. The Balaban J connectivity index is 1.51. The van der Waals surface area contributed by atoms with Crippen LogP contribution in [-0.4, -0.2) is 28.3 Å². The molecule has 1 aliphatic carbocycles. The van der Waals surface area contributed by atoms with Crippen LogP contribution >= 0.6 is 0 Å². The molecule has 1 aliphatic heterocycles. The molecule has 5 heteroatoms. The van der Waals surface area contributed by atoms with Gasteiger partial charge in [0.15, 0.2) is 0 Å². The number of benzene rings is 1. The second-order valence-corrected chi connectivity index (χ2v) is 6.99. The van der Waals surface area contributed by atoms with Gasteiger partial charge >= 0.3 is 0 Å². The van der Waals surface area contributed by atoms with Crippen LogP contribution in [0.1, 0.15) is 36.6 Å². The van der Waals surface area contributed by atoms with Crippen LogP contribution in [-0.2, 0) is 11.8 Å². The van der Waals surface area contributed by atoms with Gasteiger partial charge in [-0.3, -0.25) is 19.7 Å². The molecular weight excluding hydrogens is 300 g/mol. The van der Waals surface area contributed by atoms with E-state index in [9.17, 15) is 4.79 Å². The Labute approximate surface area is 142 Å². The maximum absolute atomic E-state index is 12.9. The summed E-state index contributed by atoms with van der Waals surface area (Å²) in [4.78, 5) is 14.8. The molecule has 0 radical (unpaired) electrons. The molecule has 1 aromatic heterocycles. The van der Waals surface area contributed by atoms with Crippen LogP contribution in [0.25, 0.3) is 0 Å². The summed E-state index contributed by atoms with van der Waals surface area (Å²) in [6.07, 6.45) is 3.34. The number of nitrogens with zero attached hydrogens (tertiary/aromatic N) is 3. The normalized spacial score (nSPS) is 22.2. The number of carbonyl (C=O) groups excluding carboxylic acids is 1. The second-order valence-electron chi connectivity index (χ2n) is 6.99. The number of aromatic nitrogens is 2. The molecule has 4 rings (SSSR count). The molecule has 1 saturated heterocycles. The Hall–Kier alpha value is -2.14. The van der Waals surface area contributed by atoms with Gasteiger partial charge in [0.1, 0.15) is 5.82 Å². The van der Waals surface area contributed by atoms with Crippen LogP contribution < -0.4 is 10.2 Å². The van der Waals surface area contributed by atoms with E-state index in [0.29, 0.717) is 5.92 Å². The van der Waals surface area contributed by atoms with Crippen molar-refractivity contribution in [3.8, 4) is 0 Å². The van der Waals surface area contributed by atoms with Crippen molar-refractivity contribution in [3.63, 3.8) is 0 Å². The van der Waals surface area contributed by atoms with Crippen LogP contribution in [0, 0.1) is 12.8 Å². The minimum atomic E-state index is -0.106. The van der Waals surface area contributed by atoms with E-state index < -0.39 is 0 Å². The maximum atomic E-state index is 12.9. The van der Waals surface area contributed by atoms with Crippen molar-refractivity contribution in [1.82, 2.24) is 15.1 Å². The Morgan fingerprint density at radius 3 is 2.58 bits per heavy atom. The highest BCUT2D eigenvalue weighted by Crippen LogP contribution is 2.41. The minimum absolute atomic E-state index is 0.106. The lowest BCUT2D eigenvalue weighted by Crippen LogP contribution is -2.41. The van der Waals surface area contributed by atoms with Crippen LogP contribution in [0.2, 0.25) is 0 Å². The van der Waals surface area contributed by atoms with Crippen molar-refractivity contribution in [2.45, 2.75) is 38.3 Å². The van der Waals surface area contributed by atoms with Crippen molar-refractivity contribution in [3.05, 3.63) is 47.7 Å². The first kappa shape index (κ1) is 15.4.